The smallest absolute Gasteiger partial charge is 0.314 e. The minimum absolute atomic E-state index is 0.0347. The first-order valence-electron chi connectivity index (χ1n) is 9.37. The Kier molecular flexibility index (Phi) is 5.49. The van der Waals surface area contributed by atoms with Gasteiger partial charge in [0.2, 0.25) is 5.91 Å². The molecule has 0 spiro atoms. The van der Waals surface area contributed by atoms with E-state index >= 15 is 0 Å². The van der Waals surface area contributed by atoms with E-state index in [4.69, 9.17) is 0 Å². The van der Waals surface area contributed by atoms with E-state index in [9.17, 15) is 14.4 Å². The van der Waals surface area contributed by atoms with Gasteiger partial charge in [-0.25, -0.2) is 0 Å². The summed E-state index contributed by atoms with van der Waals surface area (Å²) in [4.78, 5) is 38.3. The maximum absolute atomic E-state index is 12.4. The number of amides is 3. The fourth-order valence-electron chi connectivity index (χ4n) is 3.71. The standard InChI is InChI=1S/C22H25N3O3/c1-13-10-14(2)20(15(3)11-13)24-22(28)21(27)23-18-8-7-17-6-5-9-25(16(4)26)19(17)12-18/h7-8,10-12H,5-6,9H2,1-4H3,(H,23,27)(H,24,28). The Labute approximate surface area is 164 Å². The quantitative estimate of drug-likeness (QED) is 0.784. The number of anilines is 3. The normalized spacial score (nSPS) is 12.9. The Morgan fingerprint density at radius 3 is 2.21 bits per heavy atom. The molecule has 0 saturated carbocycles. The third-order valence-corrected chi connectivity index (χ3v) is 4.96. The number of carbonyl (C=O) groups excluding carboxylic acids is 3. The predicted octanol–water partition coefficient (Wildman–Crippen LogP) is 3.49. The van der Waals surface area contributed by atoms with E-state index in [-0.39, 0.29) is 5.91 Å². The second kappa shape index (κ2) is 7.84. The van der Waals surface area contributed by atoms with E-state index in [0.29, 0.717) is 17.9 Å². The third kappa shape index (κ3) is 4.06. The molecule has 146 valence electrons. The van der Waals surface area contributed by atoms with E-state index < -0.39 is 11.8 Å². The highest BCUT2D eigenvalue weighted by molar-refractivity contribution is 6.43. The number of benzene rings is 2. The molecule has 0 unspecified atom stereocenters. The lowest BCUT2D eigenvalue weighted by molar-refractivity contribution is -0.133. The summed E-state index contributed by atoms with van der Waals surface area (Å²) >= 11 is 0. The number of nitrogens with one attached hydrogen (secondary N) is 2. The lowest BCUT2D eigenvalue weighted by Crippen LogP contribution is -2.34. The van der Waals surface area contributed by atoms with E-state index in [1.165, 1.54) is 6.92 Å². The van der Waals surface area contributed by atoms with Crippen LogP contribution < -0.4 is 15.5 Å². The number of fused-ring (bicyclic) bond motifs is 1. The highest BCUT2D eigenvalue weighted by atomic mass is 16.2. The minimum Gasteiger partial charge on any atom is -0.318 e. The zero-order valence-electron chi connectivity index (χ0n) is 16.7. The van der Waals surface area contributed by atoms with Gasteiger partial charge in [-0.3, -0.25) is 14.4 Å². The van der Waals surface area contributed by atoms with Gasteiger partial charge < -0.3 is 15.5 Å². The van der Waals surface area contributed by atoms with Crippen molar-refractivity contribution in [3.63, 3.8) is 0 Å². The Morgan fingerprint density at radius 2 is 1.57 bits per heavy atom. The van der Waals surface area contributed by atoms with Crippen molar-refractivity contribution in [2.24, 2.45) is 0 Å². The molecule has 2 N–H and O–H groups in total. The van der Waals surface area contributed by atoms with Crippen LogP contribution in [0.1, 0.15) is 35.6 Å². The van der Waals surface area contributed by atoms with Crippen molar-refractivity contribution in [3.05, 3.63) is 52.6 Å². The zero-order chi connectivity index (χ0) is 20.4. The van der Waals surface area contributed by atoms with Crippen LogP contribution in [-0.4, -0.2) is 24.3 Å². The second-order valence-corrected chi connectivity index (χ2v) is 7.30. The van der Waals surface area contributed by atoms with Crippen molar-refractivity contribution < 1.29 is 14.4 Å². The summed E-state index contributed by atoms with van der Waals surface area (Å²) < 4.78 is 0. The van der Waals surface area contributed by atoms with Crippen LogP contribution in [0.4, 0.5) is 17.1 Å². The van der Waals surface area contributed by atoms with Gasteiger partial charge in [0, 0.05) is 30.5 Å². The fourth-order valence-corrected chi connectivity index (χ4v) is 3.71. The first kappa shape index (κ1) is 19.6. The molecule has 2 aromatic carbocycles. The molecule has 6 nitrogen and oxygen atoms in total. The molecule has 28 heavy (non-hydrogen) atoms. The van der Waals surface area contributed by atoms with Crippen molar-refractivity contribution in [2.75, 3.05) is 22.1 Å². The molecular weight excluding hydrogens is 354 g/mol. The van der Waals surface area contributed by atoms with Gasteiger partial charge in [-0.1, -0.05) is 23.8 Å². The van der Waals surface area contributed by atoms with Gasteiger partial charge in [0.25, 0.3) is 0 Å². The monoisotopic (exact) mass is 379 g/mol. The second-order valence-electron chi connectivity index (χ2n) is 7.30. The summed E-state index contributed by atoms with van der Waals surface area (Å²) in [5.41, 5.74) is 5.91. The third-order valence-electron chi connectivity index (χ3n) is 4.96. The van der Waals surface area contributed by atoms with Gasteiger partial charge in [0.1, 0.15) is 0 Å². The molecule has 0 fully saturated rings. The van der Waals surface area contributed by atoms with Crippen LogP contribution in [0.3, 0.4) is 0 Å². The van der Waals surface area contributed by atoms with Gasteiger partial charge in [0.05, 0.1) is 0 Å². The highest BCUT2D eigenvalue weighted by Crippen LogP contribution is 2.30. The molecule has 3 amide bonds. The number of aryl methyl sites for hydroxylation is 4. The van der Waals surface area contributed by atoms with Gasteiger partial charge in [-0.2, -0.15) is 0 Å². The largest absolute Gasteiger partial charge is 0.318 e. The van der Waals surface area contributed by atoms with Gasteiger partial charge in [-0.15, -0.1) is 0 Å². The van der Waals surface area contributed by atoms with Crippen molar-refractivity contribution >= 4 is 34.8 Å². The number of rotatable bonds is 2. The molecule has 3 rings (SSSR count). The van der Waals surface area contributed by atoms with E-state index in [2.05, 4.69) is 10.6 Å². The maximum Gasteiger partial charge on any atom is 0.314 e. The number of nitrogens with zero attached hydrogens (tertiary/aromatic N) is 1. The van der Waals surface area contributed by atoms with Crippen molar-refractivity contribution in [1.82, 2.24) is 0 Å². The van der Waals surface area contributed by atoms with Crippen molar-refractivity contribution in [1.29, 1.82) is 0 Å². The molecule has 0 aromatic heterocycles. The molecule has 6 heteroatoms. The molecule has 0 aliphatic carbocycles. The Morgan fingerprint density at radius 1 is 0.929 bits per heavy atom. The minimum atomic E-state index is -0.746. The Balaban J connectivity index is 1.75. The molecule has 0 bridgehead atoms. The van der Waals surface area contributed by atoms with Crippen LogP contribution in [0.25, 0.3) is 0 Å². The molecular formula is C22H25N3O3. The van der Waals surface area contributed by atoms with Gasteiger partial charge in [0.15, 0.2) is 0 Å². The van der Waals surface area contributed by atoms with Crippen LogP contribution in [0.5, 0.6) is 0 Å². The van der Waals surface area contributed by atoms with Crippen LogP contribution in [0.2, 0.25) is 0 Å². The summed E-state index contributed by atoms with van der Waals surface area (Å²) in [6.45, 7) is 7.96. The lowest BCUT2D eigenvalue weighted by atomic mass is 10.0. The fraction of sp³-hybridized carbons (Fsp3) is 0.318. The summed E-state index contributed by atoms with van der Waals surface area (Å²) in [5.74, 6) is -1.51. The van der Waals surface area contributed by atoms with Crippen molar-refractivity contribution in [3.8, 4) is 0 Å². The van der Waals surface area contributed by atoms with Crippen LogP contribution in [0.15, 0.2) is 30.3 Å². The first-order chi connectivity index (χ1) is 13.3. The Hall–Kier alpha value is -3.15. The molecule has 0 radical (unpaired) electrons. The van der Waals surface area contributed by atoms with Gasteiger partial charge >= 0.3 is 11.8 Å². The molecule has 1 heterocycles. The Bertz CT molecular complexity index is 942. The summed E-state index contributed by atoms with van der Waals surface area (Å²) in [6.07, 6.45) is 1.80. The van der Waals surface area contributed by atoms with Gasteiger partial charge in [-0.05, 0) is 62.4 Å². The lowest BCUT2D eigenvalue weighted by Gasteiger charge is -2.29. The van der Waals surface area contributed by atoms with Crippen LogP contribution in [0, 0.1) is 20.8 Å². The summed E-state index contributed by atoms with van der Waals surface area (Å²) in [7, 11) is 0. The molecule has 1 aliphatic rings. The highest BCUT2D eigenvalue weighted by Gasteiger charge is 2.22. The van der Waals surface area contributed by atoms with Crippen LogP contribution in [-0.2, 0) is 20.8 Å². The zero-order valence-corrected chi connectivity index (χ0v) is 16.7. The number of hydrogen-bond donors (Lipinski definition) is 2. The average Bonchev–Trinajstić information content (AvgIpc) is 2.63. The molecule has 1 aliphatic heterocycles. The summed E-state index contributed by atoms with van der Waals surface area (Å²) in [6, 6.07) is 9.33. The SMILES string of the molecule is CC(=O)N1CCCc2ccc(NC(=O)C(=O)Nc3c(C)cc(C)cc3C)cc21. The average molecular weight is 379 g/mol. The molecule has 0 atom stereocenters. The van der Waals surface area contributed by atoms with E-state index in [0.717, 1.165) is 40.8 Å². The van der Waals surface area contributed by atoms with Crippen molar-refractivity contribution in [2.45, 2.75) is 40.5 Å². The van der Waals surface area contributed by atoms with E-state index in [1.54, 1.807) is 17.0 Å². The van der Waals surface area contributed by atoms with E-state index in [1.807, 2.05) is 39.0 Å². The summed E-state index contributed by atoms with van der Waals surface area (Å²) in [5, 5.41) is 5.33. The number of hydrogen-bond acceptors (Lipinski definition) is 3. The molecule has 0 saturated heterocycles. The predicted molar refractivity (Wildman–Crippen MR) is 111 cm³/mol. The first-order valence-corrected chi connectivity index (χ1v) is 9.37. The maximum atomic E-state index is 12.4. The molecule has 2 aromatic rings. The number of carbonyl (C=O) groups is 3. The topological polar surface area (TPSA) is 78.5 Å². The van der Waals surface area contributed by atoms with Crippen LogP contribution >= 0.6 is 0 Å².